The van der Waals surface area contributed by atoms with E-state index < -0.39 is 0 Å². The summed E-state index contributed by atoms with van der Waals surface area (Å²) in [5.74, 6) is -0.111. The van der Waals surface area contributed by atoms with Gasteiger partial charge in [-0.25, -0.2) is 0 Å². The molecule has 5 nitrogen and oxygen atoms in total. The van der Waals surface area contributed by atoms with Crippen molar-refractivity contribution in [2.45, 2.75) is 45.1 Å². The molecule has 2 amide bonds. The monoisotopic (exact) mass is 453 g/mol. The minimum atomic E-state index is -0.139. The van der Waals surface area contributed by atoms with Crippen LogP contribution < -0.4 is 10.6 Å². The van der Waals surface area contributed by atoms with Crippen molar-refractivity contribution < 1.29 is 9.59 Å². The summed E-state index contributed by atoms with van der Waals surface area (Å²) in [5.41, 5.74) is 6.76. The Morgan fingerprint density at radius 2 is 1.71 bits per heavy atom. The molecule has 1 fully saturated rings. The Balaban J connectivity index is 1.40. The first-order chi connectivity index (χ1) is 16.7. The lowest BCUT2D eigenvalue weighted by Crippen LogP contribution is -2.29. The molecule has 5 heteroatoms. The topological polar surface area (TPSA) is 61.4 Å². The number of aryl methyl sites for hydroxylation is 1. The van der Waals surface area contributed by atoms with Crippen LogP contribution in [0, 0.1) is 0 Å². The van der Waals surface area contributed by atoms with E-state index in [2.05, 4.69) is 45.9 Å². The Kier molecular flexibility index (Phi) is 6.72. The van der Waals surface area contributed by atoms with E-state index in [1.54, 1.807) is 0 Å². The number of carbonyl (C=O) groups excluding carboxylic acids is 2. The molecule has 1 saturated heterocycles. The predicted molar refractivity (Wildman–Crippen MR) is 137 cm³/mol. The van der Waals surface area contributed by atoms with Gasteiger partial charge in [0.15, 0.2) is 0 Å². The average molecular weight is 454 g/mol. The van der Waals surface area contributed by atoms with Crippen molar-refractivity contribution >= 4 is 23.2 Å². The number of amides is 2. The molecule has 174 valence electrons. The molecule has 0 aromatic heterocycles. The van der Waals surface area contributed by atoms with Crippen molar-refractivity contribution in [2.75, 3.05) is 23.7 Å². The van der Waals surface area contributed by atoms with E-state index in [1.807, 2.05) is 36.4 Å². The van der Waals surface area contributed by atoms with Crippen LogP contribution in [0.5, 0.6) is 0 Å². The molecule has 3 aromatic carbocycles. The maximum Gasteiger partial charge on any atom is 0.255 e. The molecular weight excluding hydrogens is 422 g/mol. The Hall–Kier alpha value is -3.44. The summed E-state index contributed by atoms with van der Waals surface area (Å²) < 4.78 is 0. The maximum atomic E-state index is 13.2. The number of anilines is 2. The summed E-state index contributed by atoms with van der Waals surface area (Å²) in [6.07, 6.45) is 6.00. The smallest absolute Gasteiger partial charge is 0.255 e. The summed E-state index contributed by atoms with van der Waals surface area (Å²) in [6, 6.07) is 22.2. The van der Waals surface area contributed by atoms with Gasteiger partial charge in [-0.3, -0.25) is 14.5 Å². The lowest BCUT2D eigenvalue weighted by Gasteiger charge is -2.27. The standard InChI is InChI=1S/C29H31N3O2/c33-28-11-7-10-22-12-14-25(19-27(22)31-28)30-29(34)23-13-15-26(21-8-3-1-4-9-21)24(18-23)20-32-16-5-2-6-17-32/h1,3-4,8-9,12-15,18-19H,2,5-7,10-11,16-17,20H2,(H,30,34)(H,31,33). The van der Waals surface area contributed by atoms with Crippen LogP contribution in [-0.2, 0) is 17.8 Å². The molecule has 2 aliphatic heterocycles. The molecule has 0 aliphatic carbocycles. The lowest BCUT2D eigenvalue weighted by molar-refractivity contribution is -0.116. The molecule has 2 heterocycles. The Morgan fingerprint density at radius 1 is 0.882 bits per heavy atom. The zero-order chi connectivity index (χ0) is 23.3. The van der Waals surface area contributed by atoms with Crippen LogP contribution in [0.4, 0.5) is 11.4 Å². The number of hydrogen-bond acceptors (Lipinski definition) is 3. The second kappa shape index (κ2) is 10.2. The van der Waals surface area contributed by atoms with Gasteiger partial charge in [-0.15, -0.1) is 0 Å². The largest absolute Gasteiger partial charge is 0.326 e. The van der Waals surface area contributed by atoms with E-state index in [4.69, 9.17) is 0 Å². The van der Waals surface area contributed by atoms with Gasteiger partial charge in [-0.05, 0) is 85.3 Å². The maximum absolute atomic E-state index is 13.2. The molecule has 3 aromatic rings. The Labute approximate surface area is 201 Å². The van der Waals surface area contributed by atoms with Crippen molar-refractivity contribution in [3.63, 3.8) is 0 Å². The Morgan fingerprint density at radius 3 is 2.53 bits per heavy atom. The number of benzene rings is 3. The van der Waals surface area contributed by atoms with Gasteiger partial charge in [0.25, 0.3) is 5.91 Å². The van der Waals surface area contributed by atoms with Gasteiger partial charge in [-0.2, -0.15) is 0 Å². The molecule has 34 heavy (non-hydrogen) atoms. The molecule has 0 radical (unpaired) electrons. The summed E-state index contributed by atoms with van der Waals surface area (Å²) in [6.45, 7) is 3.05. The number of nitrogens with one attached hydrogen (secondary N) is 2. The van der Waals surface area contributed by atoms with E-state index in [0.29, 0.717) is 17.7 Å². The zero-order valence-corrected chi connectivity index (χ0v) is 19.5. The third kappa shape index (κ3) is 5.20. The number of hydrogen-bond donors (Lipinski definition) is 2. The normalized spacial score (nSPS) is 16.3. The molecule has 2 aliphatic rings. The van der Waals surface area contributed by atoms with Crippen molar-refractivity contribution in [1.29, 1.82) is 0 Å². The summed E-state index contributed by atoms with van der Waals surface area (Å²) in [7, 11) is 0. The molecule has 0 atom stereocenters. The number of piperidine rings is 1. The van der Waals surface area contributed by atoms with E-state index in [-0.39, 0.29) is 11.8 Å². The van der Waals surface area contributed by atoms with Crippen LogP contribution in [0.25, 0.3) is 11.1 Å². The van der Waals surface area contributed by atoms with Gasteiger partial charge < -0.3 is 10.6 Å². The van der Waals surface area contributed by atoms with E-state index in [0.717, 1.165) is 43.7 Å². The van der Waals surface area contributed by atoms with E-state index in [9.17, 15) is 9.59 Å². The van der Waals surface area contributed by atoms with Crippen LogP contribution in [0.1, 0.15) is 53.6 Å². The minimum Gasteiger partial charge on any atom is -0.326 e. The van der Waals surface area contributed by atoms with Crippen molar-refractivity contribution in [2.24, 2.45) is 0 Å². The van der Waals surface area contributed by atoms with Crippen molar-refractivity contribution in [3.8, 4) is 11.1 Å². The lowest BCUT2D eigenvalue weighted by atomic mass is 9.96. The van der Waals surface area contributed by atoms with Gasteiger partial charge in [0.1, 0.15) is 0 Å². The van der Waals surface area contributed by atoms with Gasteiger partial charge in [0, 0.05) is 29.9 Å². The first-order valence-electron chi connectivity index (χ1n) is 12.3. The summed E-state index contributed by atoms with van der Waals surface area (Å²) in [5, 5.41) is 5.99. The molecule has 2 N–H and O–H groups in total. The van der Waals surface area contributed by atoms with Gasteiger partial charge in [0.2, 0.25) is 5.91 Å². The van der Waals surface area contributed by atoms with Gasteiger partial charge in [0.05, 0.1) is 0 Å². The van der Waals surface area contributed by atoms with Crippen molar-refractivity contribution in [1.82, 2.24) is 4.90 Å². The van der Waals surface area contributed by atoms with E-state index >= 15 is 0 Å². The predicted octanol–water partition coefficient (Wildman–Crippen LogP) is 5.87. The van der Waals surface area contributed by atoms with Crippen molar-refractivity contribution in [3.05, 3.63) is 83.4 Å². The highest BCUT2D eigenvalue weighted by Crippen LogP contribution is 2.29. The minimum absolute atomic E-state index is 0.0288. The second-order valence-corrected chi connectivity index (χ2v) is 9.30. The average Bonchev–Trinajstić information content (AvgIpc) is 3.05. The third-order valence-corrected chi connectivity index (χ3v) is 6.79. The van der Waals surface area contributed by atoms with Crippen LogP contribution in [0.15, 0.2) is 66.7 Å². The summed E-state index contributed by atoms with van der Waals surface area (Å²) >= 11 is 0. The first-order valence-corrected chi connectivity index (χ1v) is 12.3. The molecule has 0 bridgehead atoms. The van der Waals surface area contributed by atoms with Crippen LogP contribution >= 0.6 is 0 Å². The van der Waals surface area contributed by atoms with Gasteiger partial charge >= 0.3 is 0 Å². The number of fused-ring (bicyclic) bond motifs is 1. The fraction of sp³-hybridized carbons (Fsp3) is 0.310. The van der Waals surface area contributed by atoms with Crippen LogP contribution in [0.3, 0.4) is 0 Å². The highest BCUT2D eigenvalue weighted by Gasteiger charge is 2.17. The van der Waals surface area contributed by atoms with Crippen LogP contribution in [-0.4, -0.2) is 29.8 Å². The summed E-state index contributed by atoms with van der Waals surface area (Å²) in [4.78, 5) is 27.6. The SMILES string of the molecule is O=C1CCCc2ccc(NC(=O)c3ccc(-c4ccccc4)c(CN4CCCCC4)c3)cc2N1. The molecule has 0 saturated carbocycles. The number of likely N-dealkylation sites (tertiary alicyclic amines) is 1. The Bertz CT molecular complexity index is 1180. The fourth-order valence-corrected chi connectivity index (χ4v) is 4.97. The zero-order valence-electron chi connectivity index (χ0n) is 19.5. The molecule has 5 rings (SSSR count). The molecular formula is C29H31N3O2. The van der Waals surface area contributed by atoms with Gasteiger partial charge in [-0.1, -0.05) is 48.9 Å². The quantitative estimate of drug-likeness (QED) is 0.508. The second-order valence-electron chi connectivity index (χ2n) is 9.30. The third-order valence-electron chi connectivity index (χ3n) is 6.79. The van der Waals surface area contributed by atoms with Crippen LogP contribution in [0.2, 0.25) is 0 Å². The number of rotatable bonds is 5. The number of nitrogens with zero attached hydrogens (tertiary/aromatic N) is 1. The first kappa shape index (κ1) is 22.4. The van der Waals surface area contributed by atoms with E-state index in [1.165, 1.54) is 36.0 Å². The number of carbonyl (C=O) groups is 2. The fourth-order valence-electron chi connectivity index (χ4n) is 4.97. The molecule has 0 spiro atoms. The highest BCUT2D eigenvalue weighted by atomic mass is 16.2. The highest BCUT2D eigenvalue weighted by molar-refractivity contribution is 6.05. The molecule has 0 unspecified atom stereocenters.